The van der Waals surface area contributed by atoms with Gasteiger partial charge in [0.15, 0.2) is 0 Å². The number of likely N-dealkylation sites (tertiary alicyclic amines) is 1. The molecule has 1 aromatic rings. The lowest BCUT2D eigenvalue weighted by molar-refractivity contribution is -0.142. The van der Waals surface area contributed by atoms with Crippen LogP contribution < -0.4 is 10.1 Å². The Hall–Kier alpha value is -1.79. The number of nitrogens with zero attached hydrogens (tertiary/aromatic N) is 1. The van der Waals surface area contributed by atoms with Crippen molar-refractivity contribution in [1.82, 2.24) is 10.2 Å². The quantitative estimate of drug-likeness (QED) is 0.735. The molecule has 0 radical (unpaired) electrons. The number of carbonyl (C=O) groups excluding carboxylic acids is 1. The first-order valence-corrected chi connectivity index (χ1v) is 8.54. The van der Waals surface area contributed by atoms with E-state index in [0.29, 0.717) is 19.6 Å². The smallest absolute Gasteiger partial charge is 0.320 e. The number of hydrogen-bond acceptors (Lipinski definition) is 4. The minimum Gasteiger partial charge on any atom is -0.494 e. The Kier molecular flexibility index (Phi) is 8.72. The van der Waals surface area contributed by atoms with Crippen molar-refractivity contribution in [3.63, 3.8) is 0 Å². The van der Waals surface area contributed by atoms with Crippen LogP contribution in [-0.2, 0) is 9.59 Å². The largest absolute Gasteiger partial charge is 0.494 e. The third kappa shape index (κ3) is 5.61. The number of halogens is 1. The average molecular weight is 371 g/mol. The Labute approximate surface area is 154 Å². The van der Waals surface area contributed by atoms with Gasteiger partial charge in [0.05, 0.1) is 19.2 Å². The van der Waals surface area contributed by atoms with E-state index in [9.17, 15) is 14.7 Å². The van der Waals surface area contributed by atoms with Crippen LogP contribution in [0.2, 0.25) is 0 Å². The minimum absolute atomic E-state index is 0. The van der Waals surface area contributed by atoms with Gasteiger partial charge in [0.1, 0.15) is 11.8 Å². The molecule has 6 nitrogen and oxygen atoms in total. The maximum absolute atomic E-state index is 12.4. The molecule has 140 valence electrons. The van der Waals surface area contributed by atoms with E-state index >= 15 is 0 Å². The number of aliphatic carboxylic acids is 1. The fraction of sp³-hybridized carbons (Fsp3) is 0.556. The predicted octanol–water partition coefficient (Wildman–Crippen LogP) is 2.62. The average Bonchev–Trinajstić information content (AvgIpc) is 3.02. The summed E-state index contributed by atoms with van der Waals surface area (Å²) in [7, 11) is 0. The maximum atomic E-state index is 12.4. The van der Waals surface area contributed by atoms with Gasteiger partial charge in [-0.15, -0.1) is 12.4 Å². The number of benzene rings is 1. The number of rotatable bonds is 8. The first-order chi connectivity index (χ1) is 11.6. The highest BCUT2D eigenvalue weighted by Gasteiger charge is 2.32. The molecule has 2 N–H and O–H groups in total. The summed E-state index contributed by atoms with van der Waals surface area (Å²) in [5.74, 6) is -0.230. The van der Waals surface area contributed by atoms with Crippen molar-refractivity contribution in [2.45, 2.75) is 45.2 Å². The molecule has 1 heterocycles. The molecule has 1 aliphatic heterocycles. The van der Waals surface area contributed by atoms with E-state index < -0.39 is 12.0 Å². The molecule has 2 rings (SSSR count). The van der Waals surface area contributed by atoms with Gasteiger partial charge in [-0.05, 0) is 38.8 Å². The Morgan fingerprint density at radius 2 is 2.08 bits per heavy atom. The van der Waals surface area contributed by atoms with E-state index in [1.165, 1.54) is 0 Å². The fourth-order valence-corrected chi connectivity index (χ4v) is 3.17. The molecule has 1 saturated heterocycles. The SMILES string of the molecule is CCOc1ccccc1C(CC)NC(=O)CN1CCCC1C(=O)O.Cl. The van der Waals surface area contributed by atoms with Crippen LogP contribution in [0.25, 0.3) is 0 Å². The van der Waals surface area contributed by atoms with Gasteiger partial charge in [0.25, 0.3) is 0 Å². The molecule has 0 bridgehead atoms. The van der Waals surface area contributed by atoms with Crippen LogP contribution in [0.3, 0.4) is 0 Å². The lowest BCUT2D eigenvalue weighted by Gasteiger charge is -2.24. The van der Waals surface area contributed by atoms with Crippen molar-refractivity contribution in [3.8, 4) is 5.75 Å². The van der Waals surface area contributed by atoms with Crippen molar-refractivity contribution in [1.29, 1.82) is 0 Å². The summed E-state index contributed by atoms with van der Waals surface area (Å²) >= 11 is 0. The number of para-hydroxylation sites is 1. The molecule has 1 fully saturated rings. The van der Waals surface area contributed by atoms with Crippen molar-refractivity contribution in [2.24, 2.45) is 0 Å². The number of carboxylic acids is 1. The number of ether oxygens (including phenoxy) is 1. The van der Waals surface area contributed by atoms with Gasteiger partial charge >= 0.3 is 5.97 Å². The maximum Gasteiger partial charge on any atom is 0.320 e. The monoisotopic (exact) mass is 370 g/mol. The van der Waals surface area contributed by atoms with Gasteiger partial charge in [0, 0.05) is 5.56 Å². The summed E-state index contributed by atoms with van der Waals surface area (Å²) in [4.78, 5) is 25.3. The normalized spacial score (nSPS) is 18.2. The molecule has 0 aromatic heterocycles. The highest BCUT2D eigenvalue weighted by molar-refractivity contribution is 5.85. The van der Waals surface area contributed by atoms with Crippen molar-refractivity contribution < 1.29 is 19.4 Å². The van der Waals surface area contributed by atoms with Gasteiger partial charge in [0.2, 0.25) is 5.91 Å². The Balaban J connectivity index is 0.00000312. The van der Waals surface area contributed by atoms with Crippen molar-refractivity contribution >= 4 is 24.3 Å². The molecule has 7 heteroatoms. The van der Waals surface area contributed by atoms with Crippen molar-refractivity contribution in [3.05, 3.63) is 29.8 Å². The number of nitrogens with one attached hydrogen (secondary N) is 1. The van der Waals surface area contributed by atoms with Gasteiger partial charge in [-0.1, -0.05) is 25.1 Å². The number of carboxylic acid groups (broad SMARTS) is 1. The molecular weight excluding hydrogens is 344 g/mol. The second kappa shape index (κ2) is 10.3. The van der Waals surface area contributed by atoms with Crippen LogP contribution in [-0.4, -0.2) is 47.6 Å². The molecule has 1 aliphatic rings. The van der Waals surface area contributed by atoms with Crippen LogP contribution in [0.4, 0.5) is 0 Å². The molecule has 2 atom stereocenters. The molecule has 25 heavy (non-hydrogen) atoms. The number of carbonyl (C=O) groups is 2. The molecule has 1 aromatic carbocycles. The fourth-order valence-electron chi connectivity index (χ4n) is 3.17. The summed E-state index contributed by atoms with van der Waals surface area (Å²) in [6, 6.07) is 6.99. The van der Waals surface area contributed by atoms with E-state index in [0.717, 1.165) is 24.2 Å². The van der Waals surface area contributed by atoms with E-state index in [-0.39, 0.29) is 30.9 Å². The van der Waals surface area contributed by atoms with Crippen LogP contribution >= 0.6 is 12.4 Å². The molecule has 0 aliphatic carbocycles. The van der Waals surface area contributed by atoms with Crippen LogP contribution in [0.1, 0.15) is 44.7 Å². The van der Waals surface area contributed by atoms with E-state index in [4.69, 9.17) is 4.74 Å². The second-order valence-corrected chi connectivity index (χ2v) is 5.97. The summed E-state index contributed by atoms with van der Waals surface area (Å²) in [6.07, 6.45) is 2.15. The van der Waals surface area contributed by atoms with Crippen molar-refractivity contribution in [2.75, 3.05) is 19.7 Å². The summed E-state index contributed by atoms with van der Waals surface area (Å²) < 4.78 is 5.64. The number of hydrogen-bond donors (Lipinski definition) is 2. The molecule has 1 amide bonds. The van der Waals surface area contributed by atoms with Gasteiger partial charge in [-0.3, -0.25) is 14.5 Å². The molecule has 0 saturated carbocycles. The summed E-state index contributed by atoms with van der Waals surface area (Å²) in [6.45, 7) is 5.26. The van der Waals surface area contributed by atoms with E-state index in [1.54, 1.807) is 4.90 Å². The lowest BCUT2D eigenvalue weighted by Crippen LogP contribution is -2.43. The Morgan fingerprint density at radius 1 is 1.36 bits per heavy atom. The van der Waals surface area contributed by atoms with Crippen LogP contribution in [0.5, 0.6) is 5.75 Å². The molecule has 2 unspecified atom stereocenters. The highest BCUT2D eigenvalue weighted by atomic mass is 35.5. The first kappa shape index (κ1) is 21.3. The molecular formula is C18H27ClN2O4. The van der Waals surface area contributed by atoms with E-state index in [2.05, 4.69) is 5.32 Å². The number of amides is 1. The zero-order chi connectivity index (χ0) is 17.5. The van der Waals surface area contributed by atoms with Gasteiger partial charge < -0.3 is 15.2 Å². The van der Waals surface area contributed by atoms with Gasteiger partial charge in [-0.2, -0.15) is 0 Å². The topological polar surface area (TPSA) is 78.9 Å². The third-order valence-corrected chi connectivity index (χ3v) is 4.33. The third-order valence-electron chi connectivity index (χ3n) is 4.33. The Bertz CT molecular complexity index is 582. The zero-order valence-electron chi connectivity index (χ0n) is 14.7. The molecule has 0 spiro atoms. The van der Waals surface area contributed by atoms with Crippen LogP contribution in [0, 0.1) is 0 Å². The van der Waals surface area contributed by atoms with Crippen LogP contribution in [0.15, 0.2) is 24.3 Å². The minimum atomic E-state index is -0.853. The van der Waals surface area contributed by atoms with Gasteiger partial charge in [-0.25, -0.2) is 0 Å². The lowest BCUT2D eigenvalue weighted by atomic mass is 10.0. The first-order valence-electron chi connectivity index (χ1n) is 8.54. The second-order valence-electron chi connectivity index (χ2n) is 5.97. The standard InChI is InChI=1S/C18H26N2O4.ClH/c1-3-14(13-8-5-6-10-16(13)24-4-2)19-17(21)12-20-11-7-9-15(20)18(22)23;/h5-6,8,10,14-15H,3-4,7,9,11-12H2,1-2H3,(H,19,21)(H,22,23);1H. The highest BCUT2D eigenvalue weighted by Crippen LogP contribution is 2.27. The predicted molar refractivity (Wildman–Crippen MR) is 98.3 cm³/mol. The Morgan fingerprint density at radius 3 is 2.72 bits per heavy atom. The summed E-state index contributed by atoms with van der Waals surface area (Å²) in [5.41, 5.74) is 0.950. The van der Waals surface area contributed by atoms with E-state index in [1.807, 2.05) is 38.1 Å². The summed E-state index contributed by atoms with van der Waals surface area (Å²) in [5, 5.41) is 12.2. The zero-order valence-corrected chi connectivity index (χ0v) is 15.6.